The summed E-state index contributed by atoms with van der Waals surface area (Å²) in [7, 11) is 0. The Morgan fingerprint density at radius 1 is 1.27 bits per heavy atom. The minimum atomic E-state index is -0.844. The van der Waals surface area contributed by atoms with E-state index in [4.69, 9.17) is 16.3 Å². The number of halogens is 1. The lowest BCUT2D eigenvalue weighted by molar-refractivity contribution is -0.398. The van der Waals surface area contributed by atoms with E-state index in [2.05, 4.69) is 10.5 Å². The van der Waals surface area contributed by atoms with Gasteiger partial charge in [0.25, 0.3) is 11.6 Å². The Kier molecular flexibility index (Phi) is 6.13. The van der Waals surface area contributed by atoms with Crippen molar-refractivity contribution in [3.63, 3.8) is 0 Å². The Morgan fingerprint density at radius 2 is 1.92 bits per heavy atom. The van der Waals surface area contributed by atoms with Crippen LogP contribution in [0.1, 0.15) is 16.7 Å². The van der Waals surface area contributed by atoms with E-state index in [9.17, 15) is 20.0 Å². The smallest absolute Gasteiger partial charge is 0.277 e. The van der Waals surface area contributed by atoms with Crippen molar-refractivity contribution in [1.82, 2.24) is 5.43 Å². The van der Waals surface area contributed by atoms with E-state index in [-0.39, 0.29) is 17.2 Å². The normalized spacial score (nSPS) is 10.7. The molecule has 1 N–H and O–H groups in total. The van der Waals surface area contributed by atoms with Crippen LogP contribution in [0.4, 0.5) is 5.69 Å². The number of nitrogens with zero attached hydrogens (tertiary/aromatic N) is 2. The largest absolute Gasteiger partial charge is 0.867 e. The third-order valence-corrected chi connectivity index (χ3v) is 3.44. The molecule has 2 rings (SSSR count). The number of carbonyl (C=O) groups is 1. The third-order valence-electron chi connectivity index (χ3n) is 3.22. The van der Waals surface area contributed by atoms with Crippen LogP contribution in [-0.4, -0.2) is 23.7 Å². The second-order valence-electron chi connectivity index (χ2n) is 5.51. The highest BCUT2D eigenvalue weighted by molar-refractivity contribution is 6.31. The average Bonchev–Trinajstić information content (AvgIpc) is 2.54. The van der Waals surface area contributed by atoms with Gasteiger partial charge in [0.2, 0.25) is 0 Å². The summed E-state index contributed by atoms with van der Waals surface area (Å²) in [6.07, 6.45) is 0.996. The third kappa shape index (κ3) is 5.18. The molecule has 26 heavy (non-hydrogen) atoms. The highest BCUT2D eigenvalue weighted by Crippen LogP contribution is 2.29. The van der Waals surface area contributed by atoms with Crippen LogP contribution in [0, 0.1) is 24.0 Å². The van der Waals surface area contributed by atoms with E-state index in [0.717, 1.165) is 23.4 Å². The molecule has 0 aromatic heterocycles. The van der Waals surface area contributed by atoms with Gasteiger partial charge in [0.1, 0.15) is 5.75 Å². The van der Waals surface area contributed by atoms with Gasteiger partial charge in [-0.3, -0.25) is 14.9 Å². The van der Waals surface area contributed by atoms with Crippen LogP contribution in [0.5, 0.6) is 11.5 Å². The molecule has 0 fully saturated rings. The van der Waals surface area contributed by atoms with Crippen molar-refractivity contribution in [2.45, 2.75) is 13.8 Å². The van der Waals surface area contributed by atoms with E-state index < -0.39 is 22.3 Å². The number of hydrogen-bond donors (Lipinski definition) is 1. The first kappa shape index (κ1) is 19.2. The molecule has 0 atom stereocenters. The quantitative estimate of drug-likeness (QED) is 0.472. The summed E-state index contributed by atoms with van der Waals surface area (Å²) in [6, 6.07) is 7.73. The monoisotopic (exact) mass is 376 g/mol. The number of benzene rings is 2. The Bertz CT molecular complexity index is 863. The molecule has 0 saturated carbocycles. The minimum absolute atomic E-state index is 0.0160. The fraction of sp³-hybridized carbons (Fsp3) is 0.176. The Morgan fingerprint density at radius 3 is 2.54 bits per heavy atom. The van der Waals surface area contributed by atoms with Crippen molar-refractivity contribution < 1.29 is 19.6 Å². The molecule has 2 aromatic rings. The van der Waals surface area contributed by atoms with E-state index in [1.807, 2.05) is 19.9 Å². The summed E-state index contributed by atoms with van der Waals surface area (Å²) in [6.45, 7) is 3.55. The van der Waals surface area contributed by atoms with Gasteiger partial charge >= 0.3 is 0 Å². The fourth-order valence-electron chi connectivity index (χ4n) is 2.20. The van der Waals surface area contributed by atoms with Crippen LogP contribution in [0.15, 0.2) is 35.4 Å². The lowest BCUT2D eigenvalue weighted by Gasteiger charge is -2.11. The van der Waals surface area contributed by atoms with Gasteiger partial charge in [0.05, 0.1) is 11.1 Å². The van der Waals surface area contributed by atoms with Crippen molar-refractivity contribution in [3.05, 3.63) is 62.2 Å². The van der Waals surface area contributed by atoms with Gasteiger partial charge in [0, 0.05) is 11.1 Å². The number of ether oxygens (including phenoxy) is 1. The van der Waals surface area contributed by atoms with Crippen LogP contribution < -0.4 is 15.3 Å². The minimum Gasteiger partial charge on any atom is -0.867 e. The molecule has 2 aromatic carbocycles. The zero-order valence-electron chi connectivity index (χ0n) is 14.0. The van der Waals surface area contributed by atoms with Crippen molar-refractivity contribution in [2.24, 2.45) is 5.10 Å². The Hall–Kier alpha value is -3.13. The van der Waals surface area contributed by atoms with E-state index in [1.54, 1.807) is 12.1 Å². The standard InChI is InChI=1S/C17H16ClN3O5/c1-10-3-11(2)5-14(4-10)26-9-16(22)20-19-8-12-6-13(18)7-15(17(12)23)21(24)25/h3-8,23H,9H2,1-2H3,(H,20,22)/p-1/b19-8+. The van der Waals surface area contributed by atoms with E-state index in [0.29, 0.717) is 5.75 Å². The SMILES string of the molecule is Cc1cc(C)cc(OCC(=O)N/N=C/c2cc(Cl)cc([N+](=O)[O-])c2[O-])c1. The number of rotatable bonds is 6. The van der Waals surface area contributed by atoms with Gasteiger partial charge in [-0.2, -0.15) is 5.10 Å². The fourth-order valence-corrected chi connectivity index (χ4v) is 2.42. The highest BCUT2D eigenvalue weighted by Gasteiger charge is 2.11. The molecule has 0 radical (unpaired) electrons. The van der Waals surface area contributed by atoms with Crippen molar-refractivity contribution in [1.29, 1.82) is 0 Å². The zero-order chi connectivity index (χ0) is 19.3. The van der Waals surface area contributed by atoms with Crippen molar-refractivity contribution in [3.8, 4) is 11.5 Å². The highest BCUT2D eigenvalue weighted by atomic mass is 35.5. The molecule has 0 heterocycles. The van der Waals surface area contributed by atoms with Gasteiger partial charge in [0.15, 0.2) is 6.61 Å². The maximum absolute atomic E-state index is 11.9. The van der Waals surface area contributed by atoms with Crippen LogP contribution in [-0.2, 0) is 4.79 Å². The number of nitrogens with one attached hydrogen (secondary N) is 1. The van der Waals surface area contributed by atoms with Crippen LogP contribution in [0.2, 0.25) is 5.02 Å². The summed E-state index contributed by atoms with van der Waals surface area (Å²) in [5.74, 6) is -0.845. The van der Waals surface area contributed by atoms with Gasteiger partial charge in [-0.15, -0.1) is 0 Å². The second kappa shape index (κ2) is 8.30. The number of amides is 1. The number of hydrogen-bond acceptors (Lipinski definition) is 6. The molecule has 0 bridgehead atoms. The molecule has 0 aliphatic carbocycles. The van der Waals surface area contributed by atoms with Crippen LogP contribution >= 0.6 is 11.6 Å². The summed E-state index contributed by atoms with van der Waals surface area (Å²) < 4.78 is 5.37. The van der Waals surface area contributed by atoms with Gasteiger partial charge in [-0.05, 0) is 54.5 Å². The Balaban J connectivity index is 1.98. The second-order valence-corrected chi connectivity index (χ2v) is 5.94. The first-order valence-corrected chi connectivity index (χ1v) is 7.82. The van der Waals surface area contributed by atoms with Crippen LogP contribution in [0.25, 0.3) is 0 Å². The number of aryl methyl sites for hydroxylation is 2. The number of carbonyl (C=O) groups excluding carboxylic acids is 1. The Labute approximate surface area is 154 Å². The molecular weight excluding hydrogens is 362 g/mol. The molecule has 1 amide bonds. The summed E-state index contributed by atoms with van der Waals surface area (Å²) in [4.78, 5) is 21.7. The van der Waals surface area contributed by atoms with E-state index in [1.165, 1.54) is 6.07 Å². The molecule has 0 saturated heterocycles. The predicted octanol–water partition coefficient (Wildman–Crippen LogP) is 2.47. The summed E-state index contributed by atoms with van der Waals surface area (Å²) in [5, 5.41) is 26.3. The molecule has 136 valence electrons. The summed E-state index contributed by atoms with van der Waals surface area (Å²) >= 11 is 5.74. The van der Waals surface area contributed by atoms with Crippen molar-refractivity contribution >= 4 is 29.4 Å². The topological polar surface area (TPSA) is 117 Å². The van der Waals surface area contributed by atoms with Gasteiger partial charge < -0.3 is 9.84 Å². The number of nitro groups is 1. The average molecular weight is 377 g/mol. The van der Waals surface area contributed by atoms with Crippen molar-refractivity contribution in [2.75, 3.05) is 6.61 Å². The maximum atomic E-state index is 11.9. The maximum Gasteiger partial charge on any atom is 0.277 e. The van der Waals surface area contributed by atoms with Gasteiger partial charge in [-0.25, -0.2) is 5.43 Å². The molecule has 0 unspecified atom stereocenters. The van der Waals surface area contributed by atoms with E-state index >= 15 is 0 Å². The first-order chi connectivity index (χ1) is 12.3. The molecule has 8 nitrogen and oxygen atoms in total. The number of hydrazone groups is 1. The zero-order valence-corrected chi connectivity index (χ0v) is 14.7. The van der Waals surface area contributed by atoms with Gasteiger partial charge in [-0.1, -0.05) is 17.7 Å². The molecular formula is C17H15ClN3O5-. The predicted molar refractivity (Wildman–Crippen MR) is 94.7 cm³/mol. The molecule has 0 spiro atoms. The lowest BCUT2D eigenvalue weighted by Crippen LogP contribution is -2.24. The molecule has 0 aliphatic heterocycles. The van der Waals surface area contributed by atoms with Crippen LogP contribution in [0.3, 0.4) is 0 Å². The first-order valence-electron chi connectivity index (χ1n) is 7.44. The number of nitro benzene ring substituents is 1. The molecule has 9 heteroatoms. The lowest BCUT2D eigenvalue weighted by atomic mass is 10.1. The molecule has 0 aliphatic rings. The summed E-state index contributed by atoms with van der Waals surface area (Å²) in [5.41, 5.74) is 3.41.